The molecule has 0 fully saturated rings. The number of fused-ring (bicyclic) bond motifs is 1. The highest BCUT2D eigenvalue weighted by molar-refractivity contribution is 6.07. The number of hydrogen-bond acceptors (Lipinski definition) is 5. The number of unbranched alkanes of at least 4 members (excludes halogenated alkanes) is 1. The highest BCUT2D eigenvalue weighted by Crippen LogP contribution is 2.30. The number of halogens is 2. The van der Waals surface area contributed by atoms with Crippen LogP contribution in [0.5, 0.6) is 17.2 Å². The molecule has 3 aromatic carbocycles. The molecule has 0 saturated heterocycles. The predicted molar refractivity (Wildman–Crippen MR) is 172 cm³/mol. The Morgan fingerprint density at radius 2 is 1.65 bits per heavy atom. The van der Waals surface area contributed by atoms with E-state index in [1.807, 2.05) is 23.9 Å². The molecule has 10 heteroatoms. The van der Waals surface area contributed by atoms with Gasteiger partial charge in [-0.2, -0.15) is 0 Å². The van der Waals surface area contributed by atoms with Gasteiger partial charge in [0.15, 0.2) is 12.4 Å². The molecule has 238 valence electrons. The molecule has 0 aliphatic carbocycles. The minimum absolute atomic E-state index is 0.00370. The molecule has 5 rings (SSSR count). The number of amides is 1. The van der Waals surface area contributed by atoms with E-state index in [-0.39, 0.29) is 23.2 Å². The van der Waals surface area contributed by atoms with Crippen molar-refractivity contribution in [3.05, 3.63) is 118 Å². The van der Waals surface area contributed by atoms with E-state index in [2.05, 4.69) is 12.3 Å². The fraction of sp³-hybridized carbons (Fsp3) is 0.250. The van der Waals surface area contributed by atoms with Crippen LogP contribution in [-0.4, -0.2) is 37.8 Å². The van der Waals surface area contributed by atoms with Crippen molar-refractivity contribution in [2.45, 2.75) is 26.2 Å². The summed E-state index contributed by atoms with van der Waals surface area (Å²) < 4.78 is 49.0. The second-order valence-electron chi connectivity index (χ2n) is 10.9. The van der Waals surface area contributed by atoms with E-state index in [4.69, 9.17) is 14.2 Å². The van der Waals surface area contributed by atoms with Gasteiger partial charge in [0.2, 0.25) is 5.43 Å². The Morgan fingerprint density at radius 1 is 0.913 bits per heavy atom. The SMILES string of the molecule is CCN(C(=O)c1cn(-c2cc(OC)cc(OCCCCc3ccc[n+](C)c3)c2)c2cc(OC)ccc2c1=O)c1cc(F)cc(F)c1. The minimum atomic E-state index is -0.831. The van der Waals surface area contributed by atoms with Gasteiger partial charge >= 0.3 is 0 Å². The first-order valence-electron chi connectivity index (χ1n) is 15.0. The van der Waals surface area contributed by atoms with Gasteiger partial charge in [-0.15, -0.1) is 0 Å². The average Bonchev–Trinajstić information content (AvgIpc) is 3.04. The maximum Gasteiger partial charge on any atom is 0.263 e. The number of pyridine rings is 2. The lowest BCUT2D eigenvalue weighted by Crippen LogP contribution is -2.35. The van der Waals surface area contributed by atoms with Gasteiger partial charge in [-0.3, -0.25) is 9.59 Å². The van der Waals surface area contributed by atoms with Crippen molar-refractivity contribution in [2.24, 2.45) is 7.05 Å². The van der Waals surface area contributed by atoms with Crippen molar-refractivity contribution in [1.29, 1.82) is 0 Å². The average molecular weight is 629 g/mol. The zero-order chi connectivity index (χ0) is 32.8. The molecule has 2 aromatic heterocycles. The van der Waals surface area contributed by atoms with Crippen LogP contribution in [-0.2, 0) is 13.5 Å². The van der Waals surface area contributed by atoms with Crippen molar-refractivity contribution in [1.82, 2.24) is 4.57 Å². The summed E-state index contributed by atoms with van der Waals surface area (Å²) in [5, 5.41) is 0.257. The van der Waals surface area contributed by atoms with Gasteiger partial charge in [-0.25, -0.2) is 13.3 Å². The van der Waals surface area contributed by atoms with E-state index in [0.29, 0.717) is 35.1 Å². The second-order valence-corrected chi connectivity index (χ2v) is 10.9. The summed E-state index contributed by atoms with van der Waals surface area (Å²) >= 11 is 0. The third-order valence-corrected chi connectivity index (χ3v) is 7.67. The number of rotatable bonds is 12. The molecule has 0 spiro atoms. The molecule has 5 aromatic rings. The topological polar surface area (TPSA) is 73.9 Å². The van der Waals surface area contributed by atoms with Gasteiger partial charge < -0.3 is 23.7 Å². The number of carbonyl (C=O) groups excluding carboxylic acids is 1. The first-order chi connectivity index (χ1) is 22.2. The Kier molecular flexibility index (Phi) is 9.95. The maximum absolute atomic E-state index is 14.1. The molecule has 8 nitrogen and oxygen atoms in total. The molecule has 0 aliphatic rings. The molecule has 2 heterocycles. The van der Waals surface area contributed by atoms with Gasteiger partial charge in [0, 0.05) is 65.8 Å². The molecule has 0 aliphatic heterocycles. The monoisotopic (exact) mass is 628 g/mol. The first kappa shape index (κ1) is 32.2. The predicted octanol–water partition coefficient (Wildman–Crippen LogP) is 6.18. The fourth-order valence-corrected chi connectivity index (χ4v) is 5.40. The molecule has 0 bridgehead atoms. The van der Waals surface area contributed by atoms with Gasteiger partial charge in [-0.05, 0) is 56.5 Å². The number of hydrogen-bond donors (Lipinski definition) is 0. The Bertz CT molecular complexity index is 1920. The third kappa shape index (κ3) is 7.17. The second kappa shape index (κ2) is 14.2. The number of ether oxygens (including phenoxy) is 3. The fourth-order valence-electron chi connectivity index (χ4n) is 5.40. The summed E-state index contributed by atoms with van der Waals surface area (Å²) in [6.45, 7) is 2.21. The number of methoxy groups -OCH3 is 2. The number of carbonyl (C=O) groups is 1. The quantitative estimate of drug-likeness (QED) is 0.122. The zero-order valence-electron chi connectivity index (χ0n) is 26.3. The highest BCUT2D eigenvalue weighted by Gasteiger charge is 2.23. The van der Waals surface area contributed by atoms with Gasteiger partial charge in [-0.1, -0.05) is 0 Å². The maximum atomic E-state index is 14.1. The van der Waals surface area contributed by atoms with Crippen molar-refractivity contribution < 1.29 is 32.4 Å². The van der Waals surface area contributed by atoms with Gasteiger partial charge in [0.1, 0.15) is 41.5 Å². The molecular formula is C36H36F2N3O5+. The Labute approximate surface area is 266 Å². The molecule has 0 saturated carbocycles. The molecule has 0 atom stereocenters. The summed E-state index contributed by atoms with van der Waals surface area (Å²) in [7, 11) is 5.06. The minimum Gasteiger partial charge on any atom is -0.497 e. The summed E-state index contributed by atoms with van der Waals surface area (Å²) in [5.74, 6) is -0.789. The molecule has 0 unspecified atom stereocenters. The van der Waals surface area contributed by atoms with Crippen LogP contribution in [0.4, 0.5) is 14.5 Å². The third-order valence-electron chi connectivity index (χ3n) is 7.67. The van der Waals surface area contributed by atoms with Crippen LogP contribution < -0.4 is 29.1 Å². The normalized spacial score (nSPS) is 11.0. The zero-order valence-corrected chi connectivity index (χ0v) is 26.3. The van der Waals surface area contributed by atoms with Crippen molar-refractivity contribution >= 4 is 22.5 Å². The molecule has 46 heavy (non-hydrogen) atoms. The van der Waals surface area contributed by atoms with Crippen LogP contribution in [0.2, 0.25) is 0 Å². The van der Waals surface area contributed by atoms with E-state index in [9.17, 15) is 18.4 Å². The van der Waals surface area contributed by atoms with E-state index < -0.39 is 23.0 Å². The van der Waals surface area contributed by atoms with Crippen molar-refractivity contribution in [3.63, 3.8) is 0 Å². The molecular weight excluding hydrogens is 592 g/mol. The smallest absolute Gasteiger partial charge is 0.263 e. The number of benzene rings is 3. The Balaban J connectivity index is 1.51. The lowest BCUT2D eigenvalue weighted by Gasteiger charge is -2.22. The van der Waals surface area contributed by atoms with Crippen LogP contribution in [0.1, 0.15) is 35.7 Å². The summed E-state index contributed by atoms with van der Waals surface area (Å²) in [6.07, 6.45) is 8.24. The summed E-state index contributed by atoms with van der Waals surface area (Å²) in [6, 6.07) is 17.2. The van der Waals surface area contributed by atoms with Crippen LogP contribution >= 0.6 is 0 Å². The molecule has 0 N–H and O–H groups in total. The van der Waals surface area contributed by atoms with Crippen LogP contribution in [0.15, 0.2) is 90.1 Å². The number of nitrogens with zero attached hydrogens (tertiary/aromatic N) is 3. The van der Waals surface area contributed by atoms with Crippen molar-refractivity contribution in [3.8, 4) is 22.9 Å². The lowest BCUT2D eigenvalue weighted by molar-refractivity contribution is -0.671. The van der Waals surface area contributed by atoms with E-state index in [1.165, 1.54) is 18.9 Å². The van der Waals surface area contributed by atoms with Crippen LogP contribution in [0.25, 0.3) is 16.6 Å². The van der Waals surface area contributed by atoms with Gasteiger partial charge in [0.25, 0.3) is 5.91 Å². The molecule has 1 amide bonds. The van der Waals surface area contributed by atoms with Gasteiger partial charge in [0.05, 0.1) is 32.0 Å². The van der Waals surface area contributed by atoms with E-state index in [0.717, 1.165) is 42.4 Å². The first-order valence-corrected chi connectivity index (χ1v) is 15.0. The van der Waals surface area contributed by atoms with E-state index >= 15 is 0 Å². The summed E-state index contributed by atoms with van der Waals surface area (Å²) in [4.78, 5) is 28.8. The largest absolute Gasteiger partial charge is 0.497 e. The van der Waals surface area contributed by atoms with Crippen LogP contribution in [0, 0.1) is 11.6 Å². The number of anilines is 1. The highest BCUT2D eigenvalue weighted by atomic mass is 19.1. The van der Waals surface area contributed by atoms with Crippen molar-refractivity contribution in [2.75, 3.05) is 32.3 Å². The Morgan fingerprint density at radius 3 is 2.35 bits per heavy atom. The molecule has 0 radical (unpaired) electrons. The lowest BCUT2D eigenvalue weighted by atomic mass is 10.1. The van der Waals surface area contributed by atoms with E-state index in [1.54, 1.807) is 55.0 Å². The van der Waals surface area contributed by atoms with Crippen LogP contribution in [0.3, 0.4) is 0 Å². The number of aryl methyl sites for hydroxylation is 2. The standard InChI is InChI=1S/C36H36F2N3O5/c1-5-40(27-16-25(37)15-26(38)17-27)36(43)33-23-41(34-21-29(44-3)11-12-32(34)35(33)42)28-18-30(45-4)20-31(19-28)46-14-7-6-9-24-10-8-13-39(2)22-24/h8,10-13,15-23H,5-7,9,14H2,1-4H3/q+1. The summed E-state index contributed by atoms with van der Waals surface area (Å²) in [5.41, 5.74) is 1.60. The Hall–Kier alpha value is -5.25. The number of aromatic nitrogens is 2.